The summed E-state index contributed by atoms with van der Waals surface area (Å²) in [5, 5.41) is 102. The zero-order chi connectivity index (χ0) is 65.0. The van der Waals surface area contributed by atoms with Gasteiger partial charge in [-0.15, -0.1) is 0 Å². The summed E-state index contributed by atoms with van der Waals surface area (Å²) in [6, 6.07) is 7.24. The van der Waals surface area contributed by atoms with Crippen LogP contribution < -0.4 is 31.8 Å². The van der Waals surface area contributed by atoms with Crippen molar-refractivity contribution in [3.63, 3.8) is 0 Å². The Kier molecular flexibility index (Phi) is 18.7. The minimum absolute atomic E-state index is 0.00410. The van der Waals surface area contributed by atoms with Crippen molar-refractivity contribution in [1.29, 1.82) is 0 Å². The van der Waals surface area contributed by atoms with Crippen LogP contribution in [-0.2, 0) is 41.4 Å². The molecule has 0 aromatic heterocycles. The number of benzene rings is 4. The number of methoxy groups -OCH3 is 2. The normalized spacial score (nSPS) is 28.0. The van der Waals surface area contributed by atoms with E-state index in [2.05, 4.69) is 21.1 Å². The van der Waals surface area contributed by atoms with E-state index in [0.717, 1.165) is 12.8 Å². The first-order valence-electron chi connectivity index (χ1n) is 30.1. The molecule has 482 valence electrons. The first-order chi connectivity index (χ1) is 42.7. The SMILES string of the molecule is COc1cccc2c1C(=O)c1c(O)c3c(c(O)c1C2=O)CC(O)(/C(C)=N/NC(=O)CCCCCCCCC(=O)N/N=C(\C)C1(O)Cc2c(O)c4c(c(O)c2C(OC2CC(N)C(O)C(C)O2)C1)C(=O)c1c(OC)cccc1C4=O)CC3OC1CC(N)C(O)C(C)O1. The van der Waals surface area contributed by atoms with E-state index in [1.54, 1.807) is 13.8 Å². The van der Waals surface area contributed by atoms with Gasteiger partial charge >= 0.3 is 0 Å². The Bertz CT molecular complexity index is 3390. The molecule has 4 aromatic rings. The number of aromatic hydroxyl groups is 4. The summed E-state index contributed by atoms with van der Waals surface area (Å²) in [6.45, 7) is 6.10. The molecule has 6 aliphatic rings. The van der Waals surface area contributed by atoms with Gasteiger partial charge in [0.15, 0.2) is 24.1 Å². The second kappa shape index (κ2) is 25.9. The fraction of sp³-hybridized carbons (Fsp3) is 0.500. The number of rotatable bonds is 19. The summed E-state index contributed by atoms with van der Waals surface area (Å²) in [4.78, 5) is 82.6. The number of hydrazone groups is 2. The van der Waals surface area contributed by atoms with Gasteiger partial charge in [-0.1, -0.05) is 49.9 Å². The van der Waals surface area contributed by atoms with Crippen molar-refractivity contribution in [3.05, 3.63) is 103 Å². The zero-order valence-electron chi connectivity index (χ0n) is 50.7. The van der Waals surface area contributed by atoms with Crippen LogP contribution in [-0.4, -0.2) is 162 Å². The molecule has 14 N–H and O–H groups in total. The summed E-state index contributed by atoms with van der Waals surface area (Å²) in [5.74, 6) is -6.49. The number of nitrogens with zero attached hydrogens (tertiary/aromatic N) is 2. The molecule has 90 heavy (non-hydrogen) atoms. The molecule has 0 bridgehead atoms. The van der Waals surface area contributed by atoms with Gasteiger partial charge in [0, 0.05) is 96.8 Å². The van der Waals surface area contributed by atoms with Crippen molar-refractivity contribution >= 4 is 46.4 Å². The fourth-order valence-corrected chi connectivity index (χ4v) is 13.2. The number of aliphatic hydroxyl groups is 4. The molecule has 26 nitrogen and oxygen atoms in total. The Morgan fingerprint density at radius 3 is 1.28 bits per heavy atom. The van der Waals surface area contributed by atoms with Crippen LogP contribution >= 0.6 is 0 Å². The van der Waals surface area contributed by atoms with E-state index in [9.17, 15) is 69.6 Å². The molecule has 4 aromatic carbocycles. The van der Waals surface area contributed by atoms with Crippen molar-refractivity contribution in [2.45, 2.75) is 190 Å². The molecule has 2 aliphatic heterocycles. The minimum Gasteiger partial charge on any atom is -0.507 e. The van der Waals surface area contributed by atoms with Crippen molar-refractivity contribution < 1.29 is 98.0 Å². The summed E-state index contributed by atoms with van der Waals surface area (Å²) in [7, 11) is 2.65. The predicted molar refractivity (Wildman–Crippen MR) is 319 cm³/mol. The van der Waals surface area contributed by atoms with Crippen LogP contribution in [0.3, 0.4) is 0 Å². The van der Waals surface area contributed by atoms with Gasteiger partial charge in [-0.3, -0.25) is 28.8 Å². The van der Waals surface area contributed by atoms with E-state index in [0.29, 0.717) is 25.7 Å². The molecule has 26 heteroatoms. The van der Waals surface area contributed by atoms with Gasteiger partial charge in [-0.2, -0.15) is 10.2 Å². The Balaban J connectivity index is 0.737. The van der Waals surface area contributed by atoms with Crippen LogP contribution in [0.15, 0.2) is 46.6 Å². The third-order valence-electron chi connectivity index (χ3n) is 18.4. The standard InChI is InChI=1S/C64H76N6O20/c1-27-53(73)35(65)21-43(87-27)89-39-25-63(83,23-33-47(39)61(81)51-49(57(33)77)55(75)31-15-13-17-37(85-5)45(31)59(51)79)29(3)67-69-41(71)19-11-9-7-8-10-12-20-42(72)70-68-30(4)64(84)24-34-48(40(26-64)90-44-22-36(66)54(74)28(2)88-44)62(82)52-50(58(34)78)56(76)32-16-14-18-38(86-6)46(32)60(52)80/h13-18,27-28,35-36,39-40,43-44,53-54,73-74,77-78,81-84H,7-12,19-26,65-66H2,1-6H3,(H,69,71)(H,70,72)/b67-29+,68-30+. The quantitative estimate of drug-likeness (QED) is 0.0236. The van der Waals surface area contributed by atoms with E-state index in [1.807, 2.05) is 0 Å². The van der Waals surface area contributed by atoms with Gasteiger partial charge in [-0.25, -0.2) is 10.9 Å². The number of phenolic OH excluding ortho intramolecular Hbond substituents is 4. The van der Waals surface area contributed by atoms with E-state index in [-0.39, 0.29) is 106 Å². The maximum Gasteiger partial charge on any atom is 0.240 e. The lowest BCUT2D eigenvalue weighted by molar-refractivity contribution is -0.246. The molecular formula is C64H76N6O20. The molecule has 12 unspecified atom stereocenters. The van der Waals surface area contributed by atoms with Gasteiger partial charge in [0.2, 0.25) is 23.4 Å². The monoisotopic (exact) mass is 1250 g/mol. The van der Waals surface area contributed by atoms with E-state index >= 15 is 0 Å². The van der Waals surface area contributed by atoms with Gasteiger partial charge in [-0.05, 0) is 52.7 Å². The number of nitrogens with two attached hydrogens (primary N) is 2. The molecule has 4 aliphatic carbocycles. The van der Waals surface area contributed by atoms with E-state index in [1.165, 1.54) is 64.5 Å². The lowest BCUT2D eigenvalue weighted by Gasteiger charge is -2.42. The van der Waals surface area contributed by atoms with Gasteiger partial charge in [0.25, 0.3) is 0 Å². The Labute approximate surface area is 517 Å². The third-order valence-corrected chi connectivity index (χ3v) is 18.4. The van der Waals surface area contributed by atoms with Crippen LogP contribution in [0.5, 0.6) is 34.5 Å². The van der Waals surface area contributed by atoms with Crippen LogP contribution in [0.2, 0.25) is 0 Å². The average Bonchev–Trinajstić information content (AvgIpc) is 0.720. The summed E-state index contributed by atoms with van der Waals surface area (Å²) >= 11 is 0. The van der Waals surface area contributed by atoms with Gasteiger partial charge in [0.05, 0.1) is 95.6 Å². The number of hydrogen-bond donors (Lipinski definition) is 12. The molecule has 10 rings (SSSR count). The number of unbranched alkanes of at least 4 members (excludes halogenated alkanes) is 5. The number of carbonyl (C=O) groups excluding carboxylic acids is 6. The highest BCUT2D eigenvalue weighted by molar-refractivity contribution is 6.32. The Morgan fingerprint density at radius 2 is 0.922 bits per heavy atom. The van der Waals surface area contributed by atoms with Crippen molar-refractivity contribution in [2.75, 3.05) is 14.2 Å². The number of aliphatic hydroxyl groups excluding tert-OH is 2. The minimum atomic E-state index is -1.97. The molecule has 0 spiro atoms. The van der Waals surface area contributed by atoms with Crippen molar-refractivity contribution in [3.8, 4) is 34.5 Å². The second-order valence-electron chi connectivity index (χ2n) is 24.2. The lowest BCUT2D eigenvalue weighted by atomic mass is 9.71. The maximum atomic E-state index is 14.1. The van der Waals surface area contributed by atoms with Gasteiger partial charge < -0.3 is 80.7 Å². The first kappa shape index (κ1) is 65.2. The summed E-state index contributed by atoms with van der Waals surface area (Å²) in [6.07, 6.45) is -6.12. The van der Waals surface area contributed by atoms with Crippen LogP contribution in [0.1, 0.15) is 203 Å². The predicted octanol–water partition coefficient (Wildman–Crippen LogP) is 4.00. The number of fused-ring (bicyclic) bond motifs is 6. The van der Waals surface area contributed by atoms with Crippen LogP contribution in [0.25, 0.3) is 0 Å². The lowest BCUT2D eigenvalue weighted by Crippen LogP contribution is -2.52. The fourth-order valence-electron chi connectivity index (χ4n) is 13.2. The smallest absolute Gasteiger partial charge is 0.240 e. The highest BCUT2D eigenvalue weighted by atomic mass is 16.7. The molecule has 2 fully saturated rings. The van der Waals surface area contributed by atoms with Gasteiger partial charge in [0.1, 0.15) is 45.7 Å². The molecule has 0 radical (unpaired) electrons. The highest BCUT2D eigenvalue weighted by Crippen LogP contribution is 2.55. The van der Waals surface area contributed by atoms with Crippen LogP contribution in [0.4, 0.5) is 0 Å². The topological polar surface area (TPSA) is 420 Å². The number of hydrogen-bond acceptors (Lipinski definition) is 24. The number of nitrogens with one attached hydrogen (secondary N) is 2. The second-order valence-corrected chi connectivity index (χ2v) is 24.2. The molecule has 2 heterocycles. The largest absolute Gasteiger partial charge is 0.507 e. The summed E-state index contributed by atoms with van der Waals surface area (Å²) in [5.41, 5.74) is 10.9. The zero-order valence-corrected chi connectivity index (χ0v) is 50.7. The number of carbonyl (C=O) groups is 6. The molecule has 2 saturated heterocycles. The molecule has 0 saturated carbocycles. The number of ether oxygens (including phenoxy) is 6. The average molecular weight is 1250 g/mol. The number of phenols is 4. The number of ketones is 4. The summed E-state index contributed by atoms with van der Waals surface area (Å²) < 4.78 is 35.3. The van der Waals surface area contributed by atoms with Crippen molar-refractivity contribution in [2.24, 2.45) is 21.7 Å². The first-order valence-corrected chi connectivity index (χ1v) is 30.1. The number of amides is 2. The maximum absolute atomic E-state index is 14.1. The Morgan fingerprint density at radius 1 is 0.567 bits per heavy atom. The Hall–Kier alpha value is -7.76. The third kappa shape index (κ3) is 12.0. The molecule has 2 amide bonds. The van der Waals surface area contributed by atoms with Crippen molar-refractivity contribution in [1.82, 2.24) is 10.9 Å². The molecular weight excluding hydrogens is 1170 g/mol. The van der Waals surface area contributed by atoms with E-state index < -0.39 is 166 Å². The van der Waals surface area contributed by atoms with E-state index in [4.69, 9.17) is 39.9 Å². The highest BCUT2D eigenvalue weighted by Gasteiger charge is 2.52. The van der Waals surface area contributed by atoms with Crippen LogP contribution in [0, 0.1) is 0 Å². The molecule has 12 atom stereocenters.